The van der Waals surface area contributed by atoms with Crippen molar-refractivity contribution in [1.82, 2.24) is 0 Å². The van der Waals surface area contributed by atoms with Crippen molar-refractivity contribution >= 4 is 23.7 Å². The summed E-state index contributed by atoms with van der Waals surface area (Å²) in [6.45, 7) is 0. The first-order valence-corrected chi connectivity index (χ1v) is 7.46. The lowest BCUT2D eigenvalue weighted by Crippen LogP contribution is -2.00. The molecule has 0 fully saturated rings. The Kier molecular flexibility index (Phi) is 5.39. The van der Waals surface area contributed by atoms with Crippen molar-refractivity contribution in [2.75, 3.05) is 7.11 Å². The normalized spacial score (nSPS) is 9.91. The van der Waals surface area contributed by atoms with Gasteiger partial charge >= 0.3 is 11.9 Å². The molecule has 0 aromatic heterocycles. The average Bonchev–Trinajstić information content (AvgIpc) is 2.55. The Morgan fingerprint density at radius 3 is 2.48 bits per heavy atom. The van der Waals surface area contributed by atoms with Gasteiger partial charge < -0.3 is 9.84 Å². The Balaban J connectivity index is 2.21. The van der Waals surface area contributed by atoms with E-state index in [1.54, 1.807) is 42.5 Å². The summed E-state index contributed by atoms with van der Waals surface area (Å²) >= 11 is 1.37. The third-order valence-electron chi connectivity index (χ3n) is 3.02. The zero-order valence-corrected chi connectivity index (χ0v) is 13.1. The highest BCUT2D eigenvalue weighted by Gasteiger charge is 2.09. The van der Waals surface area contributed by atoms with Gasteiger partial charge in [-0.25, -0.2) is 4.79 Å². The Morgan fingerprint density at radius 2 is 1.91 bits per heavy atom. The van der Waals surface area contributed by atoms with E-state index in [9.17, 15) is 14.9 Å². The predicted molar refractivity (Wildman–Crippen MR) is 84.4 cm³/mol. The first kappa shape index (κ1) is 16.6. The number of aliphatic carboxylic acids is 1. The molecular formula is C17H13NO4S. The van der Waals surface area contributed by atoms with E-state index >= 15 is 0 Å². The third kappa shape index (κ3) is 4.34. The van der Waals surface area contributed by atoms with Crippen LogP contribution in [0.2, 0.25) is 0 Å². The number of ether oxygens (including phenoxy) is 1. The van der Waals surface area contributed by atoms with Gasteiger partial charge in [-0.3, -0.25) is 4.79 Å². The van der Waals surface area contributed by atoms with E-state index in [2.05, 4.69) is 10.8 Å². The second kappa shape index (κ2) is 7.47. The molecule has 2 aromatic rings. The lowest BCUT2D eigenvalue weighted by Gasteiger charge is -2.06. The number of carboxylic acids is 1. The van der Waals surface area contributed by atoms with Gasteiger partial charge in [0, 0.05) is 9.79 Å². The lowest BCUT2D eigenvalue weighted by atomic mass is 10.1. The number of methoxy groups -OCH3 is 1. The second-order valence-corrected chi connectivity index (χ2v) is 5.75. The number of nitriles is 1. The number of hydrogen-bond donors (Lipinski definition) is 1. The van der Waals surface area contributed by atoms with Crippen molar-refractivity contribution in [3.63, 3.8) is 0 Å². The Morgan fingerprint density at radius 1 is 1.22 bits per heavy atom. The SMILES string of the molecule is COC(=O)c1ccc(Sc2ccc(CC(=O)O)cc2C#N)cc1. The van der Waals surface area contributed by atoms with Crippen molar-refractivity contribution in [2.24, 2.45) is 0 Å². The number of hydrogen-bond acceptors (Lipinski definition) is 5. The molecule has 116 valence electrons. The Bertz CT molecular complexity index is 778. The molecule has 23 heavy (non-hydrogen) atoms. The number of carbonyl (C=O) groups excluding carboxylic acids is 1. The lowest BCUT2D eigenvalue weighted by molar-refractivity contribution is -0.136. The van der Waals surface area contributed by atoms with Crippen molar-refractivity contribution < 1.29 is 19.4 Å². The summed E-state index contributed by atoms with van der Waals surface area (Å²) < 4.78 is 4.64. The van der Waals surface area contributed by atoms with Crippen LogP contribution in [-0.2, 0) is 16.0 Å². The summed E-state index contributed by atoms with van der Waals surface area (Å²) in [5, 5.41) is 18.0. The molecule has 0 aliphatic heterocycles. The molecule has 2 rings (SSSR count). The summed E-state index contributed by atoms with van der Waals surface area (Å²) in [4.78, 5) is 23.7. The van der Waals surface area contributed by atoms with Crippen LogP contribution in [0.4, 0.5) is 0 Å². The molecule has 6 heteroatoms. The van der Waals surface area contributed by atoms with Gasteiger partial charge in [-0.05, 0) is 42.0 Å². The maximum atomic E-state index is 11.4. The van der Waals surface area contributed by atoms with Crippen LogP contribution in [0.3, 0.4) is 0 Å². The molecule has 2 aromatic carbocycles. The second-order valence-electron chi connectivity index (χ2n) is 4.63. The van der Waals surface area contributed by atoms with Gasteiger partial charge in [0.2, 0.25) is 0 Å². The van der Waals surface area contributed by atoms with Crippen LogP contribution in [0.15, 0.2) is 52.3 Å². The van der Waals surface area contributed by atoms with Gasteiger partial charge in [0.1, 0.15) is 6.07 Å². The fourth-order valence-electron chi connectivity index (χ4n) is 1.94. The van der Waals surface area contributed by atoms with E-state index in [0.29, 0.717) is 16.7 Å². The van der Waals surface area contributed by atoms with E-state index in [4.69, 9.17) is 5.11 Å². The van der Waals surface area contributed by atoms with Crippen molar-refractivity contribution in [3.8, 4) is 6.07 Å². The molecule has 0 atom stereocenters. The zero-order valence-electron chi connectivity index (χ0n) is 12.3. The van der Waals surface area contributed by atoms with E-state index < -0.39 is 11.9 Å². The van der Waals surface area contributed by atoms with Crippen LogP contribution < -0.4 is 0 Å². The standard InChI is InChI=1S/C17H13NO4S/c1-22-17(21)12-3-5-14(6-4-12)23-15-7-2-11(9-16(19)20)8-13(15)10-18/h2-8H,9H2,1H3,(H,19,20). The smallest absolute Gasteiger partial charge is 0.337 e. The largest absolute Gasteiger partial charge is 0.481 e. The fraction of sp³-hybridized carbons (Fsp3) is 0.118. The van der Waals surface area contributed by atoms with E-state index in [0.717, 1.165) is 9.79 Å². The fourth-order valence-corrected chi connectivity index (χ4v) is 2.82. The third-order valence-corrected chi connectivity index (χ3v) is 4.11. The number of carbonyl (C=O) groups is 2. The van der Waals surface area contributed by atoms with Crippen LogP contribution in [0.5, 0.6) is 0 Å². The average molecular weight is 327 g/mol. The van der Waals surface area contributed by atoms with Crippen molar-refractivity contribution in [2.45, 2.75) is 16.2 Å². The van der Waals surface area contributed by atoms with E-state index in [1.165, 1.54) is 18.9 Å². The van der Waals surface area contributed by atoms with E-state index in [-0.39, 0.29) is 6.42 Å². The van der Waals surface area contributed by atoms with Gasteiger partial charge in [-0.2, -0.15) is 5.26 Å². The Hall–Kier alpha value is -2.78. The molecule has 0 saturated heterocycles. The molecule has 0 spiro atoms. The monoisotopic (exact) mass is 327 g/mol. The minimum Gasteiger partial charge on any atom is -0.481 e. The first-order chi connectivity index (χ1) is 11.0. The number of nitrogens with zero attached hydrogens (tertiary/aromatic N) is 1. The summed E-state index contributed by atoms with van der Waals surface area (Å²) in [5.41, 5.74) is 1.46. The van der Waals surface area contributed by atoms with Gasteiger partial charge in [0.25, 0.3) is 0 Å². The topological polar surface area (TPSA) is 87.4 Å². The molecule has 0 amide bonds. The van der Waals surface area contributed by atoms with Gasteiger partial charge in [-0.15, -0.1) is 0 Å². The van der Waals surface area contributed by atoms with Crippen LogP contribution in [0.25, 0.3) is 0 Å². The molecule has 5 nitrogen and oxygen atoms in total. The van der Waals surface area contributed by atoms with E-state index in [1.807, 2.05) is 0 Å². The molecule has 0 aliphatic carbocycles. The van der Waals surface area contributed by atoms with Crippen LogP contribution in [-0.4, -0.2) is 24.2 Å². The number of benzene rings is 2. The predicted octanol–water partition coefficient (Wildman–Crippen LogP) is 3.12. The van der Waals surface area contributed by atoms with Crippen LogP contribution in [0.1, 0.15) is 21.5 Å². The van der Waals surface area contributed by atoms with Gasteiger partial charge in [0.05, 0.1) is 24.7 Å². The molecule has 0 bridgehead atoms. The van der Waals surface area contributed by atoms with Crippen LogP contribution >= 0.6 is 11.8 Å². The van der Waals surface area contributed by atoms with Crippen LogP contribution in [0, 0.1) is 11.3 Å². The molecule has 1 N–H and O–H groups in total. The molecule has 0 saturated carbocycles. The number of esters is 1. The summed E-state index contributed by atoms with van der Waals surface area (Å²) in [5.74, 6) is -1.34. The minimum atomic E-state index is -0.937. The first-order valence-electron chi connectivity index (χ1n) is 6.64. The highest BCUT2D eigenvalue weighted by Crippen LogP contribution is 2.31. The summed E-state index contributed by atoms with van der Waals surface area (Å²) in [6.07, 6.45) is -0.118. The van der Waals surface area contributed by atoms with Crippen molar-refractivity contribution in [1.29, 1.82) is 5.26 Å². The van der Waals surface area contributed by atoms with Gasteiger partial charge in [-0.1, -0.05) is 17.8 Å². The zero-order chi connectivity index (χ0) is 16.8. The molecular weight excluding hydrogens is 314 g/mol. The van der Waals surface area contributed by atoms with Crippen molar-refractivity contribution in [3.05, 3.63) is 59.2 Å². The maximum Gasteiger partial charge on any atom is 0.337 e. The molecule has 0 unspecified atom stereocenters. The van der Waals surface area contributed by atoms with Gasteiger partial charge in [0.15, 0.2) is 0 Å². The number of carboxylic acid groups (broad SMARTS) is 1. The Labute approximate surface area is 137 Å². The minimum absolute atomic E-state index is 0.118. The maximum absolute atomic E-state index is 11.4. The molecule has 0 aliphatic rings. The quantitative estimate of drug-likeness (QED) is 0.849. The highest BCUT2D eigenvalue weighted by molar-refractivity contribution is 7.99. The highest BCUT2D eigenvalue weighted by atomic mass is 32.2. The summed E-state index contributed by atoms with van der Waals surface area (Å²) in [6, 6.07) is 13.9. The molecule has 0 heterocycles. The number of rotatable bonds is 5. The summed E-state index contributed by atoms with van der Waals surface area (Å²) in [7, 11) is 1.32. The molecule has 0 radical (unpaired) electrons.